The third-order valence-corrected chi connectivity index (χ3v) is 9.61. The highest BCUT2D eigenvalue weighted by Gasteiger charge is 2.39. The summed E-state index contributed by atoms with van der Waals surface area (Å²) in [6.45, 7) is 5.78. The number of fused-ring (bicyclic) bond motifs is 1. The van der Waals surface area contributed by atoms with Gasteiger partial charge in [0, 0.05) is 16.9 Å². The van der Waals surface area contributed by atoms with Crippen molar-refractivity contribution in [1.29, 1.82) is 0 Å². The molecule has 1 unspecified atom stereocenters. The molecular weight excluding hydrogens is 504 g/mol. The van der Waals surface area contributed by atoms with Crippen LogP contribution in [-0.4, -0.2) is 32.7 Å². The Balaban J connectivity index is 1.64. The van der Waals surface area contributed by atoms with Crippen LogP contribution >= 0.6 is 11.8 Å². The SMILES string of the molecule is CCC1(CC)CC(NC(=O)CN(c2ccc(C)cc2)S(=O)(=O)c2ccc(SC)cc2)c2ccccc2O1. The van der Waals surface area contributed by atoms with Gasteiger partial charge < -0.3 is 10.1 Å². The molecule has 1 aliphatic heterocycles. The van der Waals surface area contributed by atoms with Crippen LogP contribution in [0.1, 0.15) is 50.3 Å². The molecule has 0 aromatic heterocycles. The van der Waals surface area contributed by atoms with Crippen LogP contribution in [0.5, 0.6) is 5.75 Å². The fourth-order valence-electron chi connectivity index (χ4n) is 4.70. The van der Waals surface area contributed by atoms with Crippen LogP contribution in [0.2, 0.25) is 0 Å². The molecule has 1 N–H and O–H groups in total. The molecular formula is C29H34N2O4S2. The molecule has 6 nitrogen and oxygen atoms in total. The van der Waals surface area contributed by atoms with Crippen molar-refractivity contribution in [1.82, 2.24) is 5.32 Å². The predicted molar refractivity (Wildman–Crippen MR) is 150 cm³/mol. The van der Waals surface area contributed by atoms with Gasteiger partial charge in [0.25, 0.3) is 10.0 Å². The zero-order valence-corrected chi connectivity index (χ0v) is 23.4. The number of nitrogens with one attached hydrogen (secondary N) is 1. The van der Waals surface area contributed by atoms with Crippen LogP contribution < -0.4 is 14.4 Å². The molecule has 1 heterocycles. The maximum atomic E-state index is 13.8. The van der Waals surface area contributed by atoms with Gasteiger partial charge in [-0.25, -0.2) is 8.42 Å². The number of benzene rings is 3. The number of aryl methyl sites for hydroxylation is 1. The summed E-state index contributed by atoms with van der Waals surface area (Å²) >= 11 is 1.54. The van der Waals surface area contributed by atoms with E-state index in [2.05, 4.69) is 19.2 Å². The molecule has 0 spiro atoms. The van der Waals surface area contributed by atoms with Crippen LogP contribution in [0, 0.1) is 6.92 Å². The van der Waals surface area contributed by atoms with E-state index < -0.39 is 10.0 Å². The van der Waals surface area contributed by atoms with Crippen LogP contribution in [0.3, 0.4) is 0 Å². The Hall–Kier alpha value is -2.97. The zero-order valence-electron chi connectivity index (χ0n) is 21.7. The average Bonchev–Trinajstić information content (AvgIpc) is 2.92. The van der Waals surface area contributed by atoms with E-state index in [9.17, 15) is 13.2 Å². The number of hydrogen-bond donors (Lipinski definition) is 1. The van der Waals surface area contributed by atoms with Crippen molar-refractivity contribution in [2.75, 3.05) is 17.1 Å². The smallest absolute Gasteiger partial charge is 0.264 e. The second-order valence-corrected chi connectivity index (χ2v) is 12.1. The first-order chi connectivity index (χ1) is 17.7. The summed E-state index contributed by atoms with van der Waals surface area (Å²) < 4.78 is 35.1. The maximum absolute atomic E-state index is 13.8. The second-order valence-electron chi connectivity index (χ2n) is 9.38. The standard InChI is InChI=1S/C29H34N2O4S2/c1-5-29(6-2)19-26(25-9-7-8-10-27(25)35-29)30-28(32)20-31(22-13-11-21(3)12-14-22)37(33,34)24-17-15-23(36-4)16-18-24/h7-18,26H,5-6,19-20H2,1-4H3,(H,30,32). The lowest BCUT2D eigenvalue weighted by Gasteiger charge is -2.41. The van der Waals surface area contributed by atoms with Crippen molar-refractivity contribution >= 4 is 33.4 Å². The molecule has 196 valence electrons. The first-order valence-corrected chi connectivity index (χ1v) is 15.2. The Morgan fingerprint density at radius 3 is 2.30 bits per heavy atom. The van der Waals surface area contributed by atoms with Crippen LogP contribution in [0.15, 0.2) is 82.6 Å². The molecule has 1 aliphatic rings. The topological polar surface area (TPSA) is 75.7 Å². The Labute approximate surface area is 224 Å². The lowest BCUT2D eigenvalue weighted by molar-refractivity contribution is -0.121. The van der Waals surface area contributed by atoms with Gasteiger partial charge in [-0.2, -0.15) is 0 Å². The molecule has 0 saturated heterocycles. The molecule has 37 heavy (non-hydrogen) atoms. The minimum Gasteiger partial charge on any atom is -0.487 e. The largest absolute Gasteiger partial charge is 0.487 e. The molecule has 0 bridgehead atoms. The fraction of sp³-hybridized carbons (Fsp3) is 0.345. The van der Waals surface area contributed by atoms with Gasteiger partial charge in [0.2, 0.25) is 5.91 Å². The van der Waals surface area contributed by atoms with Gasteiger partial charge in [0.15, 0.2) is 0 Å². The number of thioether (sulfide) groups is 1. The van der Waals surface area contributed by atoms with E-state index in [1.165, 1.54) is 16.1 Å². The van der Waals surface area contributed by atoms with Crippen molar-refractivity contribution in [3.8, 4) is 5.75 Å². The number of nitrogens with zero attached hydrogens (tertiary/aromatic N) is 1. The Morgan fingerprint density at radius 2 is 1.68 bits per heavy atom. The molecule has 0 fully saturated rings. The van der Waals surface area contributed by atoms with Crippen LogP contribution in [0.25, 0.3) is 0 Å². The minimum absolute atomic E-state index is 0.145. The Bertz CT molecular complexity index is 1340. The van der Waals surface area contributed by atoms with E-state index in [-0.39, 0.29) is 29.0 Å². The van der Waals surface area contributed by atoms with E-state index in [0.29, 0.717) is 12.1 Å². The second kappa shape index (κ2) is 11.2. The monoisotopic (exact) mass is 538 g/mol. The number of sulfonamides is 1. The molecule has 0 aliphatic carbocycles. The van der Waals surface area contributed by atoms with Gasteiger partial charge >= 0.3 is 0 Å². The van der Waals surface area contributed by atoms with Gasteiger partial charge in [0.05, 0.1) is 16.6 Å². The maximum Gasteiger partial charge on any atom is 0.264 e. The number of amides is 1. The summed E-state index contributed by atoms with van der Waals surface area (Å²) in [6, 6.07) is 21.3. The highest BCUT2D eigenvalue weighted by atomic mass is 32.2. The van der Waals surface area contributed by atoms with Crippen molar-refractivity contribution in [3.05, 3.63) is 83.9 Å². The first-order valence-electron chi connectivity index (χ1n) is 12.5. The Kier molecular flexibility index (Phi) is 8.19. The third-order valence-electron chi connectivity index (χ3n) is 7.08. The number of ether oxygens (including phenoxy) is 1. The van der Waals surface area contributed by atoms with Gasteiger partial charge in [-0.1, -0.05) is 49.7 Å². The first kappa shape index (κ1) is 27.1. The number of carbonyl (C=O) groups excluding carboxylic acids is 1. The molecule has 4 rings (SSSR count). The van der Waals surface area contributed by atoms with E-state index in [1.54, 1.807) is 36.4 Å². The van der Waals surface area contributed by atoms with Crippen LogP contribution in [-0.2, 0) is 14.8 Å². The van der Waals surface area contributed by atoms with Crippen LogP contribution in [0.4, 0.5) is 5.69 Å². The number of carbonyl (C=O) groups is 1. The molecule has 3 aromatic rings. The summed E-state index contributed by atoms with van der Waals surface area (Å²) in [5.41, 5.74) is 1.97. The number of hydrogen-bond acceptors (Lipinski definition) is 5. The third kappa shape index (κ3) is 5.80. The quantitative estimate of drug-likeness (QED) is 0.333. The summed E-state index contributed by atoms with van der Waals surface area (Å²) in [4.78, 5) is 14.6. The van der Waals surface area contributed by atoms with Crippen molar-refractivity contribution in [2.24, 2.45) is 0 Å². The van der Waals surface area contributed by atoms with Gasteiger partial charge in [0.1, 0.15) is 17.9 Å². The van der Waals surface area contributed by atoms with Gasteiger partial charge in [-0.3, -0.25) is 9.10 Å². The highest BCUT2D eigenvalue weighted by Crippen LogP contribution is 2.42. The van der Waals surface area contributed by atoms with E-state index >= 15 is 0 Å². The van der Waals surface area contributed by atoms with Gasteiger partial charge in [-0.05, 0) is 68.5 Å². The number of rotatable bonds is 9. The molecule has 0 saturated carbocycles. The lowest BCUT2D eigenvalue weighted by Crippen LogP contribution is -2.47. The van der Waals surface area contributed by atoms with E-state index in [0.717, 1.165) is 34.6 Å². The fourth-order valence-corrected chi connectivity index (χ4v) is 6.53. The predicted octanol–water partition coefficient (Wildman–Crippen LogP) is 6.11. The number of anilines is 1. The molecule has 3 aromatic carbocycles. The molecule has 0 radical (unpaired) electrons. The average molecular weight is 539 g/mol. The van der Waals surface area contributed by atoms with Crippen molar-refractivity contribution in [2.45, 2.75) is 61.5 Å². The number of para-hydroxylation sites is 1. The lowest BCUT2D eigenvalue weighted by atomic mass is 9.83. The summed E-state index contributed by atoms with van der Waals surface area (Å²) in [7, 11) is -3.98. The summed E-state index contributed by atoms with van der Waals surface area (Å²) in [5.74, 6) is 0.396. The van der Waals surface area contributed by atoms with Crippen molar-refractivity contribution in [3.63, 3.8) is 0 Å². The minimum atomic E-state index is -3.98. The Morgan fingerprint density at radius 1 is 1.03 bits per heavy atom. The summed E-state index contributed by atoms with van der Waals surface area (Å²) in [5, 5.41) is 3.12. The molecule has 1 atom stereocenters. The zero-order chi connectivity index (χ0) is 26.6. The highest BCUT2D eigenvalue weighted by molar-refractivity contribution is 7.98. The van der Waals surface area contributed by atoms with Crippen molar-refractivity contribution < 1.29 is 17.9 Å². The van der Waals surface area contributed by atoms with E-state index in [4.69, 9.17) is 4.74 Å². The van der Waals surface area contributed by atoms with E-state index in [1.807, 2.05) is 49.6 Å². The van der Waals surface area contributed by atoms with Gasteiger partial charge in [-0.15, -0.1) is 11.8 Å². The summed E-state index contributed by atoms with van der Waals surface area (Å²) in [6.07, 6.45) is 4.17. The normalized spacial score (nSPS) is 16.4. The molecule has 8 heteroatoms. The molecule has 1 amide bonds.